The van der Waals surface area contributed by atoms with Crippen molar-refractivity contribution in [2.75, 3.05) is 11.9 Å². The minimum absolute atomic E-state index is 0.936. The number of hydrogen-bond donors (Lipinski definition) is 1. The molecule has 0 saturated carbocycles. The van der Waals surface area contributed by atoms with Crippen LogP contribution in [-0.2, 0) is 6.54 Å². The summed E-state index contributed by atoms with van der Waals surface area (Å²) in [4.78, 5) is 4.17. The highest BCUT2D eigenvalue weighted by Gasteiger charge is 2.00. The minimum Gasteiger partial charge on any atom is -0.361 e. The second-order valence-corrected chi connectivity index (χ2v) is 4.66. The maximum atomic E-state index is 4.42. The molecule has 1 N–H and O–H groups in total. The Morgan fingerprint density at radius 3 is 2.94 bits per heavy atom. The van der Waals surface area contributed by atoms with E-state index in [1.54, 1.807) is 11.3 Å². The summed E-state index contributed by atoms with van der Waals surface area (Å²) in [6.45, 7) is 6.01. The molecular formula is C11H16N4S. The fraction of sp³-hybridized carbons (Fsp3) is 0.455. The lowest BCUT2D eigenvalue weighted by atomic mass is 10.4. The van der Waals surface area contributed by atoms with Crippen LogP contribution in [0.25, 0.3) is 0 Å². The van der Waals surface area contributed by atoms with E-state index < -0.39 is 0 Å². The van der Waals surface area contributed by atoms with Crippen molar-refractivity contribution in [1.82, 2.24) is 14.8 Å². The van der Waals surface area contributed by atoms with Gasteiger partial charge >= 0.3 is 0 Å². The average molecular weight is 236 g/mol. The quantitative estimate of drug-likeness (QED) is 0.811. The SMILES string of the molecule is Cc1cc(C)n(CCCNc2nccs2)n1. The average Bonchev–Trinajstić information content (AvgIpc) is 2.84. The zero-order chi connectivity index (χ0) is 11.4. The number of rotatable bonds is 5. The van der Waals surface area contributed by atoms with Crippen LogP contribution in [0, 0.1) is 13.8 Å². The predicted molar refractivity (Wildman–Crippen MR) is 66.9 cm³/mol. The Morgan fingerprint density at radius 1 is 1.44 bits per heavy atom. The molecule has 0 aromatic carbocycles. The Balaban J connectivity index is 1.74. The summed E-state index contributed by atoms with van der Waals surface area (Å²) < 4.78 is 2.05. The van der Waals surface area contributed by atoms with E-state index in [-0.39, 0.29) is 0 Å². The van der Waals surface area contributed by atoms with Gasteiger partial charge in [-0.05, 0) is 26.3 Å². The minimum atomic E-state index is 0.936. The van der Waals surface area contributed by atoms with Gasteiger partial charge in [0.1, 0.15) is 0 Å². The van der Waals surface area contributed by atoms with Crippen molar-refractivity contribution in [3.05, 3.63) is 29.0 Å². The highest BCUT2D eigenvalue weighted by atomic mass is 32.1. The molecule has 0 unspecified atom stereocenters. The van der Waals surface area contributed by atoms with Crippen molar-refractivity contribution in [1.29, 1.82) is 0 Å². The Hall–Kier alpha value is -1.36. The van der Waals surface area contributed by atoms with Crippen molar-refractivity contribution in [3.8, 4) is 0 Å². The second kappa shape index (κ2) is 5.12. The zero-order valence-electron chi connectivity index (χ0n) is 9.60. The Kier molecular flexibility index (Phi) is 3.56. The first-order valence-electron chi connectivity index (χ1n) is 5.40. The number of anilines is 1. The molecule has 0 atom stereocenters. The summed E-state index contributed by atoms with van der Waals surface area (Å²) in [5, 5.41) is 10.7. The van der Waals surface area contributed by atoms with Crippen LogP contribution in [0.1, 0.15) is 17.8 Å². The molecule has 0 radical (unpaired) electrons. The van der Waals surface area contributed by atoms with E-state index in [1.165, 1.54) is 5.69 Å². The molecule has 2 rings (SSSR count). The number of aromatic nitrogens is 3. The molecule has 4 nitrogen and oxygen atoms in total. The van der Waals surface area contributed by atoms with Gasteiger partial charge in [0.2, 0.25) is 0 Å². The lowest BCUT2D eigenvalue weighted by Crippen LogP contribution is -2.08. The molecule has 86 valence electrons. The van der Waals surface area contributed by atoms with Gasteiger partial charge in [0.05, 0.1) is 5.69 Å². The molecule has 0 fully saturated rings. The zero-order valence-corrected chi connectivity index (χ0v) is 10.4. The first-order chi connectivity index (χ1) is 7.75. The van der Waals surface area contributed by atoms with Crippen LogP contribution in [0.3, 0.4) is 0 Å². The fourth-order valence-corrected chi connectivity index (χ4v) is 2.19. The van der Waals surface area contributed by atoms with Gasteiger partial charge in [-0.25, -0.2) is 4.98 Å². The molecule has 2 heterocycles. The molecule has 2 aromatic rings. The molecule has 0 spiro atoms. The molecule has 0 saturated heterocycles. The third kappa shape index (κ3) is 2.82. The Morgan fingerprint density at radius 2 is 2.31 bits per heavy atom. The van der Waals surface area contributed by atoms with Crippen LogP contribution in [0.4, 0.5) is 5.13 Å². The van der Waals surface area contributed by atoms with Crippen LogP contribution in [0.5, 0.6) is 0 Å². The van der Waals surface area contributed by atoms with E-state index >= 15 is 0 Å². The molecule has 0 aliphatic rings. The summed E-state index contributed by atoms with van der Waals surface area (Å²) >= 11 is 1.63. The summed E-state index contributed by atoms with van der Waals surface area (Å²) in [6, 6.07) is 2.11. The Bertz CT molecular complexity index is 433. The van der Waals surface area contributed by atoms with Crippen LogP contribution in [-0.4, -0.2) is 21.3 Å². The number of aryl methyl sites for hydroxylation is 3. The van der Waals surface area contributed by atoms with Crippen molar-refractivity contribution < 1.29 is 0 Å². The molecule has 0 bridgehead atoms. The van der Waals surface area contributed by atoms with Gasteiger partial charge in [-0.15, -0.1) is 11.3 Å². The summed E-state index contributed by atoms with van der Waals surface area (Å²) in [5.74, 6) is 0. The van der Waals surface area contributed by atoms with Gasteiger partial charge in [0, 0.05) is 30.4 Å². The van der Waals surface area contributed by atoms with Gasteiger partial charge in [-0.2, -0.15) is 5.10 Å². The number of nitrogens with one attached hydrogen (secondary N) is 1. The smallest absolute Gasteiger partial charge is 0.182 e. The molecule has 2 aromatic heterocycles. The van der Waals surface area contributed by atoms with Crippen LogP contribution in [0.15, 0.2) is 17.6 Å². The van der Waals surface area contributed by atoms with Crippen molar-refractivity contribution in [3.63, 3.8) is 0 Å². The molecule has 16 heavy (non-hydrogen) atoms. The van der Waals surface area contributed by atoms with E-state index in [2.05, 4.69) is 33.1 Å². The second-order valence-electron chi connectivity index (χ2n) is 3.77. The van der Waals surface area contributed by atoms with Gasteiger partial charge in [-0.3, -0.25) is 4.68 Å². The molecule has 0 amide bonds. The highest BCUT2D eigenvalue weighted by molar-refractivity contribution is 7.13. The van der Waals surface area contributed by atoms with Gasteiger partial charge in [0.15, 0.2) is 5.13 Å². The third-order valence-electron chi connectivity index (χ3n) is 2.36. The topological polar surface area (TPSA) is 42.7 Å². The molecule has 5 heteroatoms. The van der Waals surface area contributed by atoms with Gasteiger partial charge in [0.25, 0.3) is 0 Å². The lowest BCUT2D eigenvalue weighted by molar-refractivity contribution is 0.573. The monoisotopic (exact) mass is 236 g/mol. The molecule has 0 aliphatic carbocycles. The highest BCUT2D eigenvalue weighted by Crippen LogP contribution is 2.10. The third-order valence-corrected chi connectivity index (χ3v) is 3.09. The fourth-order valence-electron chi connectivity index (χ4n) is 1.64. The molecular weight excluding hydrogens is 220 g/mol. The standard InChI is InChI=1S/C11H16N4S/c1-9-8-10(2)15(14-9)6-3-4-12-11-13-5-7-16-11/h5,7-8H,3-4,6H2,1-2H3,(H,12,13). The number of thiazole rings is 1. The van der Waals surface area contributed by atoms with E-state index in [1.807, 2.05) is 18.5 Å². The molecule has 0 aliphatic heterocycles. The largest absolute Gasteiger partial charge is 0.361 e. The normalized spacial score (nSPS) is 10.6. The Labute approximate surface area is 99.3 Å². The van der Waals surface area contributed by atoms with E-state index in [0.717, 1.165) is 30.3 Å². The summed E-state index contributed by atoms with van der Waals surface area (Å²) in [6.07, 6.45) is 2.87. The maximum absolute atomic E-state index is 4.42. The van der Waals surface area contributed by atoms with Crippen LogP contribution in [0.2, 0.25) is 0 Å². The first kappa shape index (κ1) is 11.1. The van der Waals surface area contributed by atoms with Crippen LogP contribution < -0.4 is 5.32 Å². The lowest BCUT2D eigenvalue weighted by Gasteiger charge is -2.04. The van der Waals surface area contributed by atoms with Crippen molar-refractivity contribution >= 4 is 16.5 Å². The van der Waals surface area contributed by atoms with Crippen molar-refractivity contribution in [2.24, 2.45) is 0 Å². The predicted octanol–water partition coefficient (Wildman–Crippen LogP) is 2.46. The van der Waals surface area contributed by atoms with Gasteiger partial charge in [-0.1, -0.05) is 0 Å². The van der Waals surface area contributed by atoms with E-state index in [4.69, 9.17) is 0 Å². The summed E-state index contributed by atoms with van der Waals surface area (Å²) in [5.41, 5.74) is 2.32. The van der Waals surface area contributed by atoms with E-state index in [9.17, 15) is 0 Å². The van der Waals surface area contributed by atoms with Gasteiger partial charge < -0.3 is 5.32 Å². The first-order valence-corrected chi connectivity index (χ1v) is 6.28. The number of hydrogen-bond acceptors (Lipinski definition) is 4. The maximum Gasteiger partial charge on any atom is 0.182 e. The summed E-state index contributed by atoms with van der Waals surface area (Å²) in [7, 11) is 0. The van der Waals surface area contributed by atoms with E-state index in [0.29, 0.717) is 0 Å². The van der Waals surface area contributed by atoms with Crippen LogP contribution >= 0.6 is 11.3 Å². The van der Waals surface area contributed by atoms with Crippen molar-refractivity contribution in [2.45, 2.75) is 26.8 Å². The number of nitrogens with zero attached hydrogens (tertiary/aromatic N) is 3.